The van der Waals surface area contributed by atoms with Crippen LogP contribution >= 0.6 is 15.9 Å². The Bertz CT molecular complexity index is 1330. The van der Waals surface area contributed by atoms with Crippen molar-refractivity contribution in [3.05, 3.63) is 62.5 Å². The second kappa shape index (κ2) is 9.05. The second-order valence-electron chi connectivity index (χ2n) is 9.07. The van der Waals surface area contributed by atoms with E-state index in [2.05, 4.69) is 74.9 Å². The summed E-state index contributed by atoms with van der Waals surface area (Å²) in [5, 5.41) is 9.45. The number of piperazine rings is 1. The molecule has 0 bridgehead atoms. The molecule has 1 unspecified atom stereocenters. The van der Waals surface area contributed by atoms with Gasteiger partial charge in [0, 0.05) is 36.7 Å². The third-order valence-corrected chi connectivity index (χ3v) is 7.78. The number of nitriles is 1. The average molecular weight is 522 g/mol. The SMILES string of the molecule is CCC(c1ccc(Br)cc1)N1C[C@H]2COc3c(c4nc(C#N)ccc4n(C)c3=O)N2C[C@H]1CC. The molecule has 34 heavy (non-hydrogen) atoms. The molecule has 2 aliphatic heterocycles. The average Bonchev–Trinajstić information content (AvgIpc) is 2.87. The quantitative estimate of drug-likeness (QED) is 0.507. The normalized spacial score (nSPS) is 20.9. The third-order valence-electron chi connectivity index (χ3n) is 7.25. The van der Waals surface area contributed by atoms with Crippen LogP contribution in [0.5, 0.6) is 5.75 Å². The molecule has 4 heterocycles. The molecule has 3 aromatic rings. The van der Waals surface area contributed by atoms with Crippen LogP contribution in [0.2, 0.25) is 0 Å². The van der Waals surface area contributed by atoms with E-state index in [-0.39, 0.29) is 11.6 Å². The highest BCUT2D eigenvalue weighted by molar-refractivity contribution is 9.10. The zero-order chi connectivity index (χ0) is 24.0. The molecule has 3 atom stereocenters. The third kappa shape index (κ3) is 3.68. The molecule has 0 aliphatic carbocycles. The van der Waals surface area contributed by atoms with Crippen LogP contribution in [0, 0.1) is 11.3 Å². The minimum atomic E-state index is -0.163. The summed E-state index contributed by atoms with van der Waals surface area (Å²) in [6.45, 7) is 6.53. The molecule has 2 aliphatic rings. The van der Waals surface area contributed by atoms with E-state index in [1.165, 1.54) is 5.56 Å². The van der Waals surface area contributed by atoms with E-state index >= 15 is 0 Å². The number of aromatic nitrogens is 2. The summed E-state index contributed by atoms with van der Waals surface area (Å²) in [6.07, 6.45) is 2.00. The summed E-state index contributed by atoms with van der Waals surface area (Å²) in [4.78, 5) is 22.7. The summed E-state index contributed by atoms with van der Waals surface area (Å²) in [6, 6.07) is 14.9. The lowest BCUT2D eigenvalue weighted by Gasteiger charge is -2.51. The fraction of sp³-hybridized carbons (Fsp3) is 0.423. The molecule has 1 saturated heterocycles. The van der Waals surface area contributed by atoms with E-state index in [1.807, 2.05) is 0 Å². The van der Waals surface area contributed by atoms with Crippen molar-refractivity contribution in [3.8, 4) is 11.8 Å². The Labute approximate surface area is 207 Å². The van der Waals surface area contributed by atoms with Gasteiger partial charge in [0.05, 0.1) is 11.6 Å². The molecule has 5 rings (SSSR count). The molecule has 0 radical (unpaired) electrons. The van der Waals surface area contributed by atoms with Gasteiger partial charge in [0.1, 0.15) is 29.6 Å². The van der Waals surface area contributed by atoms with Gasteiger partial charge in [-0.2, -0.15) is 5.26 Å². The number of benzene rings is 1. The highest BCUT2D eigenvalue weighted by Crippen LogP contribution is 2.41. The van der Waals surface area contributed by atoms with Gasteiger partial charge in [-0.3, -0.25) is 9.69 Å². The predicted octanol–water partition coefficient (Wildman–Crippen LogP) is 4.38. The number of ether oxygens (including phenoxy) is 1. The fourth-order valence-electron chi connectivity index (χ4n) is 5.49. The Kier molecular flexibility index (Phi) is 6.09. The monoisotopic (exact) mass is 521 g/mol. The van der Waals surface area contributed by atoms with Crippen molar-refractivity contribution in [3.63, 3.8) is 0 Å². The van der Waals surface area contributed by atoms with Crippen molar-refractivity contribution in [1.29, 1.82) is 5.26 Å². The smallest absolute Gasteiger partial charge is 0.295 e. The van der Waals surface area contributed by atoms with Crippen molar-refractivity contribution >= 4 is 32.7 Å². The fourth-order valence-corrected chi connectivity index (χ4v) is 5.75. The van der Waals surface area contributed by atoms with Crippen LogP contribution in [0.1, 0.15) is 44.0 Å². The summed E-state index contributed by atoms with van der Waals surface area (Å²) in [7, 11) is 1.73. The maximum absolute atomic E-state index is 13.1. The maximum Gasteiger partial charge on any atom is 0.295 e. The minimum absolute atomic E-state index is 0.0997. The Morgan fingerprint density at radius 1 is 1.21 bits per heavy atom. The van der Waals surface area contributed by atoms with E-state index in [4.69, 9.17) is 4.74 Å². The first-order chi connectivity index (χ1) is 16.5. The van der Waals surface area contributed by atoms with E-state index < -0.39 is 0 Å². The molecule has 0 amide bonds. The molecular weight excluding hydrogens is 494 g/mol. The van der Waals surface area contributed by atoms with E-state index in [0.717, 1.165) is 36.1 Å². The van der Waals surface area contributed by atoms with Crippen LogP contribution in [0.3, 0.4) is 0 Å². The molecule has 0 N–H and O–H groups in total. The highest BCUT2D eigenvalue weighted by atomic mass is 79.9. The summed E-state index contributed by atoms with van der Waals surface area (Å²) >= 11 is 3.55. The number of pyridine rings is 2. The predicted molar refractivity (Wildman–Crippen MR) is 136 cm³/mol. The van der Waals surface area contributed by atoms with Gasteiger partial charge in [-0.15, -0.1) is 0 Å². The molecular formula is C26H28BrN5O2. The summed E-state index contributed by atoms with van der Waals surface area (Å²) < 4.78 is 8.76. The lowest BCUT2D eigenvalue weighted by Crippen LogP contribution is -2.62. The highest BCUT2D eigenvalue weighted by Gasteiger charge is 2.41. The first-order valence-electron chi connectivity index (χ1n) is 11.8. The van der Waals surface area contributed by atoms with Gasteiger partial charge in [-0.25, -0.2) is 4.98 Å². The molecule has 0 saturated carbocycles. The Morgan fingerprint density at radius 2 is 1.97 bits per heavy atom. The lowest BCUT2D eigenvalue weighted by molar-refractivity contribution is 0.0720. The summed E-state index contributed by atoms with van der Waals surface area (Å²) in [5.41, 5.74) is 3.59. The lowest BCUT2D eigenvalue weighted by atomic mass is 9.95. The number of nitrogens with zero attached hydrogens (tertiary/aromatic N) is 5. The van der Waals surface area contributed by atoms with Crippen LogP contribution in [0.25, 0.3) is 11.0 Å². The standard InChI is InChI=1S/C26H28BrN5O2/c1-4-19-13-32-20(14-31(19)21(5-2)16-6-8-17(27)9-7-16)15-34-25-24(32)23-22(30(3)26(25)33)11-10-18(12-28)29-23/h6-11,19-21H,4-5,13-15H2,1-3H3/t19-,20+,21?/m1/s1. The van der Waals surface area contributed by atoms with Crippen LogP contribution < -0.4 is 15.2 Å². The number of hydrogen-bond acceptors (Lipinski definition) is 6. The van der Waals surface area contributed by atoms with Gasteiger partial charge < -0.3 is 14.2 Å². The van der Waals surface area contributed by atoms with Gasteiger partial charge in [0.15, 0.2) is 0 Å². The Morgan fingerprint density at radius 3 is 2.65 bits per heavy atom. The molecule has 1 aromatic carbocycles. The molecule has 0 spiro atoms. The van der Waals surface area contributed by atoms with Crippen LogP contribution in [-0.4, -0.2) is 46.2 Å². The van der Waals surface area contributed by atoms with Crippen LogP contribution in [0.4, 0.5) is 5.69 Å². The van der Waals surface area contributed by atoms with E-state index in [1.54, 1.807) is 23.7 Å². The van der Waals surface area contributed by atoms with Gasteiger partial charge in [-0.1, -0.05) is 41.9 Å². The second-order valence-corrected chi connectivity index (χ2v) is 9.99. The zero-order valence-electron chi connectivity index (χ0n) is 19.7. The number of rotatable bonds is 4. The summed E-state index contributed by atoms with van der Waals surface area (Å²) in [5.74, 6) is 0.345. The van der Waals surface area contributed by atoms with Gasteiger partial charge in [0.25, 0.3) is 5.56 Å². The first-order valence-corrected chi connectivity index (χ1v) is 12.6. The molecule has 8 heteroatoms. The van der Waals surface area contributed by atoms with Crippen molar-refractivity contribution in [2.24, 2.45) is 7.05 Å². The molecule has 7 nitrogen and oxygen atoms in total. The minimum Gasteiger partial charge on any atom is -0.484 e. The van der Waals surface area contributed by atoms with E-state index in [9.17, 15) is 10.1 Å². The van der Waals surface area contributed by atoms with Crippen LogP contribution in [0.15, 0.2) is 45.7 Å². The van der Waals surface area contributed by atoms with Crippen molar-refractivity contribution in [1.82, 2.24) is 14.5 Å². The number of aryl methyl sites for hydroxylation is 1. The van der Waals surface area contributed by atoms with Crippen LogP contribution in [-0.2, 0) is 7.05 Å². The molecule has 1 fully saturated rings. The molecule has 176 valence electrons. The number of fused-ring (bicyclic) bond motifs is 5. The van der Waals surface area contributed by atoms with Crippen molar-refractivity contribution in [2.45, 2.75) is 44.8 Å². The topological polar surface area (TPSA) is 74.4 Å². The Hall–Kier alpha value is -2.89. The molecule has 2 aromatic heterocycles. The van der Waals surface area contributed by atoms with E-state index in [0.29, 0.717) is 41.2 Å². The number of anilines is 1. The maximum atomic E-state index is 13.1. The largest absolute Gasteiger partial charge is 0.484 e. The van der Waals surface area contributed by atoms with Crippen molar-refractivity contribution < 1.29 is 4.74 Å². The number of halogens is 1. The Balaban J connectivity index is 1.58. The van der Waals surface area contributed by atoms with Gasteiger partial charge in [-0.05, 0) is 42.7 Å². The van der Waals surface area contributed by atoms with Crippen molar-refractivity contribution in [2.75, 3.05) is 24.6 Å². The van der Waals surface area contributed by atoms with Gasteiger partial charge >= 0.3 is 0 Å². The van der Waals surface area contributed by atoms with Gasteiger partial charge in [0.2, 0.25) is 5.75 Å². The number of hydrogen-bond donors (Lipinski definition) is 0. The first kappa shape index (κ1) is 22.9. The zero-order valence-corrected chi connectivity index (χ0v) is 21.2.